The zero-order valence-corrected chi connectivity index (χ0v) is 16.6. The molecule has 148 valence electrons. The predicted octanol–water partition coefficient (Wildman–Crippen LogP) is 4.87. The van der Waals surface area contributed by atoms with Gasteiger partial charge < -0.3 is 15.2 Å². The van der Waals surface area contributed by atoms with E-state index in [1.165, 1.54) is 11.1 Å². The number of carboxylic acid groups (broad SMARTS) is 1. The van der Waals surface area contributed by atoms with Crippen LogP contribution < -0.4 is 10.1 Å². The molecule has 2 atom stereocenters. The lowest BCUT2D eigenvalue weighted by atomic mass is 10.0. The Labute approximate surface area is 170 Å². The minimum Gasteiger partial charge on any atom is -0.496 e. The second-order valence-corrected chi connectivity index (χ2v) is 7.52. The smallest absolute Gasteiger partial charge is 0.307 e. The Hall–Kier alpha value is -3.34. The van der Waals surface area contributed by atoms with Crippen LogP contribution in [0.5, 0.6) is 5.75 Å². The number of aryl methyl sites for hydroxylation is 1. The van der Waals surface area contributed by atoms with Crippen LogP contribution in [-0.2, 0) is 11.3 Å². The summed E-state index contributed by atoms with van der Waals surface area (Å²) < 4.78 is 5.45. The van der Waals surface area contributed by atoms with Gasteiger partial charge in [-0.3, -0.25) is 4.79 Å². The number of pyridine rings is 1. The van der Waals surface area contributed by atoms with Crippen molar-refractivity contribution in [3.05, 3.63) is 77.5 Å². The van der Waals surface area contributed by atoms with Crippen molar-refractivity contribution in [1.29, 1.82) is 0 Å². The maximum absolute atomic E-state index is 11.3. The minimum absolute atomic E-state index is 0.0191. The zero-order valence-electron chi connectivity index (χ0n) is 16.6. The molecule has 0 amide bonds. The molecule has 29 heavy (non-hydrogen) atoms. The molecule has 1 aliphatic rings. The molecule has 2 aromatic carbocycles. The number of hydrogen-bond donors (Lipinski definition) is 2. The molecule has 3 aromatic rings. The molecule has 0 aliphatic heterocycles. The van der Waals surface area contributed by atoms with Crippen LogP contribution in [0.3, 0.4) is 0 Å². The Morgan fingerprint density at radius 3 is 2.66 bits per heavy atom. The summed E-state index contributed by atoms with van der Waals surface area (Å²) in [6, 6.07) is 18.3. The van der Waals surface area contributed by atoms with Crippen LogP contribution in [0.2, 0.25) is 0 Å². The van der Waals surface area contributed by atoms with Crippen LogP contribution in [0.25, 0.3) is 11.1 Å². The molecule has 1 heterocycles. The number of nitrogens with zero attached hydrogens (tertiary/aromatic N) is 1. The maximum Gasteiger partial charge on any atom is 0.307 e. The van der Waals surface area contributed by atoms with E-state index < -0.39 is 5.97 Å². The van der Waals surface area contributed by atoms with E-state index in [2.05, 4.69) is 41.5 Å². The van der Waals surface area contributed by atoms with E-state index in [1.807, 2.05) is 36.5 Å². The van der Waals surface area contributed by atoms with E-state index >= 15 is 0 Å². The number of benzene rings is 2. The summed E-state index contributed by atoms with van der Waals surface area (Å²) >= 11 is 0. The monoisotopic (exact) mass is 388 g/mol. The van der Waals surface area contributed by atoms with Gasteiger partial charge in [0, 0.05) is 24.2 Å². The van der Waals surface area contributed by atoms with Crippen LogP contribution in [0, 0.1) is 12.8 Å². The van der Waals surface area contributed by atoms with Crippen LogP contribution in [0.1, 0.15) is 29.0 Å². The van der Waals surface area contributed by atoms with Crippen molar-refractivity contribution >= 4 is 11.8 Å². The van der Waals surface area contributed by atoms with Crippen LogP contribution in [0.4, 0.5) is 5.82 Å². The number of ether oxygens (including phenoxy) is 1. The SMILES string of the molecule is COc1ccc(-c2ccc(NCc3cccc(C)c3)nc2)cc1[C@@H]1C[C@H]1C(=O)O. The standard InChI is InChI=1S/C24H24N2O3/c1-15-4-3-5-16(10-15)13-25-23-9-7-18(14-26-23)17-6-8-22(29-2)20(11-17)19-12-21(19)24(27)28/h3-11,14,19,21H,12-13H2,1-2H3,(H,25,26)(H,27,28)/t19-,21+/m0/s1. The lowest BCUT2D eigenvalue weighted by molar-refractivity contribution is -0.138. The summed E-state index contributed by atoms with van der Waals surface area (Å²) in [7, 11) is 1.62. The Bertz CT molecular complexity index is 1030. The number of aliphatic carboxylic acids is 1. The van der Waals surface area contributed by atoms with Crippen LogP contribution in [-0.4, -0.2) is 23.2 Å². The molecular weight excluding hydrogens is 364 g/mol. The quantitative estimate of drug-likeness (QED) is 0.604. The molecule has 5 heteroatoms. The predicted molar refractivity (Wildman–Crippen MR) is 113 cm³/mol. The van der Waals surface area contributed by atoms with Gasteiger partial charge in [0.25, 0.3) is 0 Å². The van der Waals surface area contributed by atoms with E-state index in [4.69, 9.17) is 4.74 Å². The van der Waals surface area contributed by atoms with Crippen molar-refractivity contribution in [3.8, 4) is 16.9 Å². The van der Waals surface area contributed by atoms with E-state index in [1.54, 1.807) is 7.11 Å². The first-order chi connectivity index (χ1) is 14.0. The number of aromatic nitrogens is 1. The van der Waals surface area contributed by atoms with Gasteiger partial charge in [-0.2, -0.15) is 0 Å². The lowest BCUT2D eigenvalue weighted by Crippen LogP contribution is -2.01. The molecule has 2 N–H and O–H groups in total. The van der Waals surface area contributed by atoms with Crippen molar-refractivity contribution in [3.63, 3.8) is 0 Å². The molecule has 1 saturated carbocycles. The first-order valence-electron chi connectivity index (χ1n) is 9.71. The highest BCUT2D eigenvalue weighted by atomic mass is 16.5. The number of nitrogens with one attached hydrogen (secondary N) is 1. The Morgan fingerprint density at radius 2 is 2.00 bits per heavy atom. The first kappa shape index (κ1) is 19.0. The van der Waals surface area contributed by atoms with Crippen molar-refractivity contribution < 1.29 is 14.6 Å². The summed E-state index contributed by atoms with van der Waals surface area (Å²) in [6.07, 6.45) is 2.50. The van der Waals surface area contributed by atoms with Gasteiger partial charge in [-0.1, -0.05) is 35.9 Å². The topological polar surface area (TPSA) is 71.5 Å². The van der Waals surface area contributed by atoms with Crippen LogP contribution in [0.15, 0.2) is 60.8 Å². The molecule has 4 rings (SSSR count). The number of hydrogen-bond acceptors (Lipinski definition) is 4. The maximum atomic E-state index is 11.3. The van der Waals surface area contributed by atoms with Crippen molar-refractivity contribution in [2.24, 2.45) is 5.92 Å². The average molecular weight is 388 g/mol. The van der Waals surface area contributed by atoms with Crippen molar-refractivity contribution in [2.75, 3.05) is 12.4 Å². The van der Waals surface area contributed by atoms with Gasteiger partial charge in [-0.15, -0.1) is 0 Å². The molecule has 0 saturated heterocycles. The summed E-state index contributed by atoms with van der Waals surface area (Å²) in [5, 5.41) is 12.6. The highest BCUT2D eigenvalue weighted by Crippen LogP contribution is 2.51. The number of anilines is 1. The summed E-state index contributed by atoms with van der Waals surface area (Å²) in [5.74, 6) is 0.522. The fourth-order valence-electron chi connectivity index (χ4n) is 3.70. The van der Waals surface area contributed by atoms with Gasteiger partial charge >= 0.3 is 5.97 Å². The highest BCUT2D eigenvalue weighted by Gasteiger charge is 2.45. The average Bonchev–Trinajstić information content (AvgIpc) is 3.53. The third-order valence-corrected chi connectivity index (χ3v) is 5.39. The Morgan fingerprint density at radius 1 is 1.17 bits per heavy atom. The van der Waals surface area contributed by atoms with E-state index in [0.29, 0.717) is 6.42 Å². The molecule has 1 fully saturated rings. The zero-order chi connectivity index (χ0) is 20.4. The van der Waals surface area contributed by atoms with Gasteiger partial charge in [0.2, 0.25) is 0 Å². The van der Waals surface area contributed by atoms with Gasteiger partial charge in [0.1, 0.15) is 11.6 Å². The summed E-state index contributed by atoms with van der Waals surface area (Å²) in [4.78, 5) is 15.8. The molecular formula is C24H24N2O3. The minimum atomic E-state index is -0.742. The fraction of sp³-hybridized carbons (Fsp3) is 0.250. The Balaban J connectivity index is 1.49. The largest absolute Gasteiger partial charge is 0.496 e. The lowest BCUT2D eigenvalue weighted by Gasteiger charge is -2.11. The second-order valence-electron chi connectivity index (χ2n) is 7.52. The molecule has 0 bridgehead atoms. The molecule has 1 aromatic heterocycles. The van der Waals surface area contributed by atoms with Crippen molar-refractivity contribution in [2.45, 2.75) is 25.8 Å². The summed E-state index contributed by atoms with van der Waals surface area (Å²) in [6.45, 7) is 2.80. The normalized spacial score (nSPS) is 17.6. The van der Waals surface area contributed by atoms with Crippen LogP contribution >= 0.6 is 0 Å². The van der Waals surface area contributed by atoms with Gasteiger partial charge in [0.05, 0.1) is 13.0 Å². The number of methoxy groups -OCH3 is 1. The Kier molecular flexibility index (Phi) is 5.21. The first-order valence-corrected chi connectivity index (χ1v) is 9.71. The van der Waals surface area contributed by atoms with Gasteiger partial charge in [-0.25, -0.2) is 4.98 Å². The molecule has 5 nitrogen and oxygen atoms in total. The molecule has 1 aliphatic carbocycles. The van der Waals surface area contributed by atoms with E-state index in [9.17, 15) is 9.90 Å². The third-order valence-electron chi connectivity index (χ3n) is 5.39. The number of carboxylic acids is 1. The van der Waals surface area contributed by atoms with Gasteiger partial charge in [0.15, 0.2) is 0 Å². The molecule has 0 spiro atoms. The summed E-state index contributed by atoms with van der Waals surface area (Å²) in [5.41, 5.74) is 5.41. The van der Waals surface area contributed by atoms with Crippen molar-refractivity contribution in [1.82, 2.24) is 4.98 Å². The number of rotatable bonds is 7. The molecule has 0 radical (unpaired) electrons. The van der Waals surface area contributed by atoms with Gasteiger partial charge in [-0.05, 0) is 54.3 Å². The third kappa shape index (κ3) is 4.24. The van der Waals surface area contributed by atoms with E-state index in [-0.39, 0.29) is 11.8 Å². The molecule has 0 unspecified atom stereocenters. The second kappa shape index (κ2) is 7.95. The fourth-order valence-corrected chi connectivity index (χ4v) is 3.70. The highest BCUT2D eigenvalue weighted by molar-refractivity contribution is 5.76. The number of carbonyl (C=O) groups is 1. The van der Waals surface area contributed by atoms with E-state index in [0.717, 1.165) is 34.8 Å².